The van der Waals surface area contributed by atoms with Crippen LogP contribution in [0.4, 0.5) is 0 Å². The number of hydrogen-bond acceptors (Lipinski definition) is 3. The van der Waals surface area contributed by atoms with Gasteiger partial charge in [0.1, 0.15) is 5.84 Å². The molecule has 0 amide bonds. The van der Waals surface area contributed by atoms with E-state index >= 15 is 0 Å². The molecule has 0 saturated heterocycles. The van der Waals surface area contributed by atoms with Crippen LogP contribution in [0.2, 0.25) is 0 Å². The molecule has 3 rings (SSSR count). The van der Waals surface area contributed by atoms with E-state index < -0.39 is 11.3 Å². The Morgan fingerprint density at radius 2 is 2.11 bits per heavy atom. The fourth-order valence-electron chi connectivity index (χ4n) is 2.46. The standard InChI is InChI=1S/C14H14N2O2S/c1-9-7-11-5-3-4-6-12(11)10(2)13(9)8-14-15-18-19(17)16-14/h3-7H,8H2,1-2H3,(H,15,16). The zero-order valence-electron chi connectivity index (χ0n) is 10.8. The lowest BCUT2D eigenvalue weighted by atomic mass is 9.93. The smallest absolute Gasteiger partial charge is 0.234 e. The highest BCUT2D eigenvalue weighted by Gasteiger charge is 2.16. The van der Waals surface area contributed by atoms with Crippen LogP contribution in [0.1, 0.15) is 16.7 Å². The van der Waals surface area contributed by atoms with Gasteiger partial charge in [-0.15, -0.1) is 4.40 Å². The lowest BCUT2D eigenvalue weighted by molar-refractivity contribution is 0.303. The summed E-state index contributed by atoms with van der Waals surface area (Å²) in [4.78, 5) is 0. The van der Waals surface area contributed by atoms with Crippen molar-refractivity contribution >= 4 is 27.9 Å². The molecular formula is C14H14N2O2S. The van der Waals surface area contributed by atoms with Gasteiger partial charge in [0.2, 0.25) is 0 Å². The molecule has 0 aliphatic carbocycles. The maximum absolute atomic E-state index is 11.1. The van der Waals surface area contributed by atoms with Crippen molar-refractivity contribution in [2.24, 2.45) is 4.40 Å². The molecule has 1 aliphatic heterocycles. The van der Waals surface area contributed by atoms with E-state index in [1.165, 1.54) is 27.5 Å². The lowest BCUT2D eigenvalue weighted by Crippen LogP contribution is -2.20. The number of hydroxylamine groups is 1. The lowest BCUT2D eigenvalue weighted by Gasteiger charge is -2.12. The predicted molar refractivity (Wildman–Crippen MR) is 76.9 cm³/mol. The second-order valence-electron chi connectivity index (χ2n) is 4.64. The second-order valence-corrected chi connectivity index (χ2v) is 5.42. The Morgan fingerprint density at radius 3 is 2.84 bits per heavy atom. The van der Waals surface area contributed by atoms with Crippen molar-refractivity contribution in [1.82, 2.24) is 5.48 Å². The number of nitrogens with zero attached hydrogens (tertiary/aromatic N) is 1. The largest absolute Gasteiger partial charge is 0.309 e. The zero-order chi connectivity index (χ0) is 13.4. The topological polar surface area (TPSA) is 50.7 Å². The Balaban J connectivity index is 2.08. The van der Waals surface area contributed by atoms with Gasteiger partial charge in [-0.05, 0) is 41.3 Å². The summed E-state index contributed by atoms with van der Waals surface area (Å²) in [5.74, 6) is 0.611. The van der Waals surface area contributed by atoms with Crippen LogP contribution in [-0.4, -0.2) is 10.0 Å². The number of aryl methyl sites for hydroxylation is 2. The molecule has 0 radical (unpaired) electrons. The number of rotatable bonds is 2. The van der Waals surface area contributed by atoms with E-state index in [2.05, 4.69) is 41.9 Å². The van der Waals surface area contributed by atoms with Crippen LogP contribution in [0, 0.1) is 13.8 Å². The molecular weight excluding hydrogens is 260 g/mol. The third kappa shape index (κ3) is 2.27. The van der Waals surface area contributed by atoms with Crippen LogP contribution >= 0.6 is 0 Å². The van der Waals surface area contributed by atoms with E-state index in [9.17, 15) is 4.21 Å². The summed E-state index contributed by atoms with van der Waals surface area (Å²) in [6, 6.07) is 10.5. The molecule has 0 bridgehead atoms. The summed E-state index contributed by atoms with van der Waals surface area (Å²) in [6.45, 7) is 4.19. The first-order chi connectivity index (χ1) is 9.15. The number of hydrogen-bond donors (Lipinski definition) is 1. The van der Waals surface area contributed by atoms with Crippen LogP contribution in [-0.2, 0) is 22.0 Å². The quantitative estimate of drug-likeness (QED) is 0.915. The molecule has 98 valence electrons. The Kier molecular flexibility index (Phi) is 3.08. The summed E-state index contributed by atoms with van der Waals surface area (Å²) < 4.78 is 19.7. The van der Waals surface area contributed by atoms with Gasteiger partial charge >= 0.3 is 11.3 Å². The van der Waals surface area contributed by atoms with E-state index in [0.29, 0.717) is 12.3 Å². The maximum atomic E-state index is 11.1. The first kappa shape index (κ1) is 12.3. The molecule has 19 heavy (non-hydrogen) atoms. The second kappa shape index (κ2) is 4.75. The summed E-state index contributed by atoms with van der Waals surface area (Å²) in [5, 5.41) is 2.48. The minimum absolute atomic E-state index is 0.605. The minimum atomic E-state index is -1.59. The molecule has 1 atom stereocenters. The van der Waals surface area contributed by atoms with Crippen molar-refractivity contribution in [3.63, 3.8) is 0 Å². The van der Waals surface area contributed by atoms with E-state index in [1.807, 2.05) is 12.1 Å². The molecule has 1 heterocycles. The first-order valence-corrected chi connectivity index (χ1v) is 7.09. The van der Waals surface area contributed by atoms with E-state index in [4.69, 9.17) is 4.28 Å². The minimum Gasteiger partial charge on any atom is -0.234 e. The van der Waals surface area contributed by atoms with Crippen LogP contribution in [0.25, 0.3) is 10.8 Å². The Labute approximate surface area is 114 Å². The zero-order valence-corrected chi connectivity index (χ0v) is 11.6. The summed E-state index contributed by atoms with van der Waals surface area (Å²) >= 11 is -1.59. The van der Waals surface area contributed by atoms with Gasteiger partial charge in [0, 0.05) is 6.42 Å². The average molecular weight is 274 g/mol. The van der Waals surface area contributed by atoms with Crippen molar-refractivity contribution in [3.05, 3.63) is 47.0 Å². The van der Waals surface area contributed by atoms with Gasteiger partial charge in [-0.2, -0.15) is 4.28 Å². The van der Waals surface area contributed by atoms with E-state index in [0.717, 1.165) is 0 Å². The highest BCUT2D eigenvalue weighted by Crippen LogP contribution is 2.25. The Hall–Kier alpha value is -1.72. The molecule has 2 aromatic rings. The maximum Gasteiger partial charge on any atom is 0.309 e. The van der Waals surface area contributed by atoms with Crippen LogP contribution < -0.4 is 5.48 Å². The molecule has 0 spiro atoms. The summed E-state index contributed by atoms with van der Waals surface area (Å²) in [5.41, 5.74) is 6.25. The van der Waals surface area contributed by atoms with Gasteiger partial charge < -0.3 is 0 Å². The molecule has 1 aliphatic rings. The fourth-order valence-corrected chi connectivity index (χ4v) is 2.95. The van der Waals surface area contributed by atoms with Crippen molar-refractivity contribution in [1.29, 1.82) is 0 Å². The number of benzene rings is 2. The van der Waals surface area contributed by atoms with Gasteiger partial charge in [-0.25, -0.2) is 9.69 Å². The van der Waals surface area contributed by atoms with Gasteiger partial charge in [0.25, 0.3) is 0 Å². The normalized spacial score (nSPS) is 18.4. The predicted octanol–water partition coefficient (Wildman–Crippen LogP) is 2.51. The highest BCUT2D eigenvalue weighted by molar-refractivity contribution is 7.79. The molecule has 0 aromatic heterocycles. The fraction of sp³-hybridized carbons (Fsp3) is 0.214. The monoisotopic (exact) mass is 274 g/mol. The highest BCUT2D eigenvalue weighted by atomic mass is 32.2. The van der Waals surface area contributed by atoms with Crippen molar-refractivity contribution in [3.8, 4) is 0 Å². The van der Waals surface area contributed by atoms with Gasteiger partial charge in [0.15, 0.2) is 0 Å². The van der Waals surface area contributed by atoms with E-state index in [1.54, 1.807) is 0 Å². The van der Waals surface area contributed by atoms with Gasteiger partial charge in [-0.1, -0.05) is 30.3 Å². The third-order valence-electron chi connectivity index (χ3n) is 3.43. The Bertz CT molecular complexity index is 710. The van der Waals surface area contributed by atoms with Crippen LogP contribution in [0.5, 0.6) is 0 Å². The van der Waals surface area contributed by atoms with Crippen LogP contribution in [0.15, 0.2) is 34.7 Å². The summed E-state index contributed by atoms with van der Waals surface area (Å²) in [7, 11) is 0. The molecule has 1 unspecified atom stereocenters. The first-order valence-electron chi connectivity index (χ1n) is 6.06. The van der Waals surface area contributed by atoms with E-state index in [-0.39, 0.29) is 0 Å². The van der Waals surface area contributed by atoms with Crippen molar-refractivity contribution in [2.75, 3.05) is 0 Å². The molecule has 2 aromatic carbocycles. The molecule has 1 N–H and O–H groups in total. The van der Waals surface area contributed by atoms with Gasteiger partial charge in [-0.3, -0.25) is 0 Å². The third-order valence-corrected chi connectivity index (χ3v) is 4.02. The average Bonchev–Trinajstić information content (AvgIpc) is 2.80. The SMILES string of the molecule is Cc1cc2ccccc2c(C)c1CC1=NS(=O)ON1. The van der Waals surface area contributed by atoms with Gasteiger partial charge in [0.05, 0.1) is 0 Å². The summed E-state index contributed by atoms with van der Waals surface area (Å²) in [6.07, 6.45) is 0.605. The molecule has 0 saturated carbocycles. The van der Waals surface area contributed by atoms with Crippen LogP contribution in [0.3, 0.4) is 0 Å². The molecule has 0 fully saturated rings. The number of amidine groups is 1. The van der Waals surface area contributed by atoms with Crippen molar-refractivity contribution < 1.29 is 8.49 Å². The van der Waals surface area contributed by atoms with Crippen molar-refractivity contribution in [2.45, 2.75) is 20.3 Å². The Morgan fingerprint density at radius 1 is 1.32 bits per heavy atom. The number of fused-ring (bicyclic) bond motifs is 1. The molecule has 4 nitrogen and oxygen atoms in total. The molecule has 5 heteroatoms. The number of nitrogens with one attached hydrogen (secondary N) is 1.